The van der Waals surface area contributed by atoms with E-state index in [0.717, 1.165) is 12.1 Å². The average molecular weight is 511 g/mol. The summed E-state index contributed by atoms with van der Waals surface area (Å²) in [6, 6.07) is 5.13. The zero-order valence-electron chi connectivity index (χ0n) is 17.9. The normalized spacial score (nSPS) is 16.0. The maximum Gasteiger partial charge on any atom is 0.573 e. The number of carbonyl (C=O) groups is 1. The first-order chi connectivity index (χ1) is 15.9. The third-order valence-electron chi connectivity index (χ3n) is 5.18. The van der Waals surface area contributed by atoms with Gasteiger partial charge in [0.05, 0.1) is 11.1 Å². The third kappa shape index (κ3) is 7.84. The number of halogens is 6. The molecule has 1 fully saturated rings. The number of piperidine rings is 1. The molecular weight excluding hydrogens is 488 g/mol. The summed E-state index contributed by atoms with van der Waals surface area (Å²) in [6.45, 7) is 1.66. The summed E-state index contributed by atoms with van der Waals surface area (Å²) in [5.41, 5.74) is -0.839. The summed E-state index contributed by atoms with van der Waals surface area (Å²) in [5.74, 6) is -1.37. The Morgan fingerprint density at radius 3 is 2.53 bits per heavy atom. The van der Waals surface area contributed by atoms with Gasteiger partial charge in [-0.25, -0.2) is 4.98 Å². The third-order valence-corrected chi connectivity index (χ3v) is 6.29. The predicted octanol–water partition coefficient (Wildman–Crippen LogP) is 4.03. The second-order valence-electron chi connectivity index (χ2n) is 7.81. The van der Waals surface area contributed by atoms with Crippen LogP contribution in [-0.2, 0) is 19.0 Å². The van der Waals surface area contributed by atoms with Gasteiger partial charge in [0, 0.05) is 32.6 Å². The highest BCUT2D eigenvalue weighted by atomic mass is 32.1. The Morgan fingerprint density at radius 2 is 1.88 bits per heavy atom. The zero-order valence-corrected chi connectivity index (χ0v) is 18.7. The molecule has 1 aromatic heterocycles. The van der Waals surface area contributed by atoms with Crippen LogP contribution in [0.25, 0.3) is 0 Å². The molecule has 3 rings (SSSR count). The van der Waals surface area contributed by atoms with Crippen LogP contribution in [0, 0.1) is 0 Å². The molecule has 0 aliphatic carbocycles. The Hall–Kier alpha value is -2.38. The molecule has 1 amide bonds. The van der Waals surface area contributed by atoms with Crippen molar-refractivity contribution in [2.45, 2.75) is 44.3 Å². The molecule has 0 unspecified atom stereocenters. The van der Waals surface area contributed by atoms with Gasteiger partial charge in [-0.1, -0.05) is 12.1 Å². The largest absolute Gasteiger partial charge is 0.573 e. The number of thiazole rings is 1. The summed E-state index contributed by atoms with van der Waals surface area (Å²) < 4.78 is 81.2. The smallest absolute Gasteiger partial charge is 0.406 e. The summed E-state index contributed by atoms with van der Waals surface area (Å²) >= 11 is 0.674. The quantitative estimate of drug-likeness (QED) is 0.524. The van der Waals surface area contributed by atoms with E-state index in [-0.39, 0.29) is 30.5 Å². The van der Waals surface area contributed by atoms with Crippen LogP contribution in [0.5, 0.6) is 5.75 Å². The number of aromatic nitrogens is 1. The Balaban J connectivity index is 1.59. The van der Waals surface area contributed by atoms with E-state index in [4.69, 9.17) is 0 Å². The lowest BCUT2D eigenvalue weighted by molar-refractivity contribution is -0.274. The number of aliphatic hydroxyl groups excluding tert-OH is 1. The molecule has 34 heavy (non-hydrogen) atoms. The highest BCUT2D eigenvalue weighted by molar-refractivity contribution is 7.13. The van der Waals surface area contributed by atoms with Crippen molar-refractivity contribution in [2.75, 3.05) is 26.2 Å². The van der Waals surface area contributed by atoms with Crippen molar-refractivity contribution in [3.05, 3.63) is 45.4 Å². The van der Waals surface area contributed by atoms with Crippen LogP contribution in [-0.4, -0.2) is 59.5 Å². The van der Waals surface area contributed by atoms with Gasteiger partial charge in [-0.3, -0.25) is 4.79 Å². The molecule has 13 heteroatoms. The molecule has 0 bridgehead atoms. The van der Waals surface area contributed by atoms with Crippen LogP contribution in [0.3, 0.4) is 0 Å². The van der Waals surface area contributed by atoms with Crippen LogP contribution in [0.15, 0.2) is 24.3 Å². The SMILES string of the molecule is O=C(NCCc1cccc(OC(F)(F)F)c1)c1sc(CCN2CCC(O)CC2)nc1C(F)(F)F. The summed E-state index contributed by atoms with van der Waals surface area (Å²) in [7, 11) is 0. The lowest BCUT2D eigenvalue weighted by Crippen LogP contribution is -2.37. The molecule has 0 radical (unpaired) electrons. The van der Waals surface area contributed by atoms with Gasteiger partial charge in [-0.05, 0) is 37.0 Å². The van der Waals surface area contributed by atoms with Crippen LogP contribution in [0.4, 0.5) is 26.3 Å². The number of likely N-dealkylation sites (tertiary alicyclic amines) is 1. The molecule has 1 aromatic carbocycles. The first-order valence-corrected chi connectivity index (χ1v) is 11.3. The van der Waals surface area contributed by atoms with Crippen molar-refractivity contribution >= 4 is 17.2 Å². The molecule has 188 valence electrons. The van der Waals surface area contributed by atoms with E-state index in [1.165, 1.54) is 12.1 Å². The first-order valence-electron chi connectivity index (χ1n) is 10.5. The van der Waals surface area contributed by atoms with Gasteiger partial charge in [-0.15, -0.1) is 24.5 Å². The molecular formula is C21H23F6N3O3S. The maximum absolute atomic E-state index is 13.4. The Morgan fingerprint density at radius 1 is 1.18 bits per heavy atom. The molecule has 1 aliphatic heterocycles. The van der Waals surface area contributed by atoms with Crippen LogP contribution in [0.1, 0.15) is 38.8 Å². The Kier molecular flexibility index (Phi) is 8.42. The predicted molar refractivity (Wildman–Crippen MR) is 112 cm³/mol. The lowest BCUT2D eigenvalue weighted by atomic mass is 10.1. The molecule has 0 atom stereocenters. The zero-order chi connectivity index (χ0) is 24.9. The van der Waals surface area contributed by atoms with Gasteiger partial charge in [-0.2, -0.15) is 13.2 Å². The number of amides is 1. The number of rotatable bonds is 8. The number of hydrogen-bond donors (Lipinski definition) is 2. The van der Waals surface area contributed by atoms with Gasteiger partial charge in [0.2, 0.25) is 0 Å². The average Bonchev–Trinajstić information content (AvgIpc) is 3.17. The molecule has 1 aliphatic rings. The molecule has 0 saturated carbocycles. The fourth-order valence-corrected chi connectivity index (χ4v) is 4.50. The molecule has 1 saturated heterocycles. The van der Waals surface area contributed by atoms with Gasteiger partial charge in [0.25, 0.3) is 5.91 Å². The van der Waals surface area contributed by atoms with E-state index in [9.17, 15) is 36.2 Å². The van der Waals surface area contributed by atoms with Crippen LogP contribution in [0.2, 0.25) is 0 Å². The number of carbonyl (C=O) groups excluding carboxylic acids is 1. The van der Waals surface area contributed by atoms with Crippen molar-refractivity contribution in [1.82, 2.24) is 15.2 Å². The Labute approximate surface area is 195 Å². The summed E-state index contributed by atoms with van der Waals surface area (Å²) in [5, 5.41) is 12.1. The summed E-state index contributed by atoms with van der Waals surface area (Å²) in [4.78, 5) is 17.6. The van der Waals surface area contributed by atoms with E-state index in [1.807, 2.05) is 4.90 Å². The topological polar surface area (TPSA) is 74.7 Å². The van der Waals surface area contributed by atoms with E-state index in [0.29, 0.717) is 49.4 Å². The van der Waals surface area contributed by atoms with Crippen molar-refractivity contribution < 1.29 is 41.0 Å². The molecule has 2 heterocycles. The van der Waals surface area contributed by atoms with Crippen LogP contribution < -0.4 is 10.1 Å². The number of nitrogens with one attached hydrogen (secondary N) is 1. The number of aliphatic hydroxyl groups is 1. The van der Waals surface area contributed by atoms with Crippen molar-refractivity contribution in [3.8, 4) is 5.75 Å². The minimum Gasteiger partial charge on any atom is -0.406 e. The maximum atomic E-state index is 13.4. The van der Waals surface area contributed by atoms with Crippen molar-refractivity contribution in [3.63, 3.8) is 0 Å². The van der Waals surface area contributed by atoms with Gasteiger partial charge >= 0.3 is 12.5 Å². The van der Waals surface area contributed by atoms with Crippen LogP contribution >= 0.6 is 11.3 Å². The highest BCUT2D eigenvalue weighted by Gasteiger charge is 2.39. The van der Waals surface area contributed by atoms with E-state index in [2.05, 4.69) is 15.0 Å². The minimum absolute atomic E-state index is 0.0884. The molecule has 6 nitrogen and oxygen atoms in total. The molecule has 0 spiro atoms. The number of alkyl halides is 6. The fourth-order valence-electron chi connectivity index (χ4n) is 3.51. The second kappa shape index (κ2) is 10.9. The van der Waals surface area contributed by atoms with E-state index < -0.39 is 34.8 Å². The monoisotopic (exact) mass is 511 g/mol. The van der Waals surface area contributed by atoms with E-state index >= 15 is 0 Å². The first kappa shape index (κ1) is 26.2. The number of nitrogens with zero attached hydrogens (tertiary/aromatic N) is 2. The number of hydrogen-bond acceptors (Lipinski definition) is 6. The number of benzene rings is 1. The summed E-state index contributed by atoms with van der Waals surface area (Å²) in [6.07, 6.45) is -8.48. The van der Waals surface area contributed by atoms with Crippen molar-refractivity contribution in [2.24, 2.45) is 0 Å². The minimum atomic E-state index is -4.85. The highest BCUT2D eigenvalue weighted by Crippen LogP contribution is 2.34. The van der Waals surface area contributed by atoms with Gasteiger partial charge in [0.1, 0.15) is 10.6 Å². The molecule has 2 aromatic rings. The molecule has 2 N–H and O–H groups in total. The van der Waals surface area contributed by atoms with Crippen molar-refractivity contribution in [1.29, 1.82) is 0 Å². The van der Waals surface area contributed by atoms with Gasteiger partial charge in [0.15, 0.2) is 5.69 Å². The fraction of sp³-hybridized carbons (Fsp3) is 0.524. The second-order valence-corrected chi connectivity index (χ2v) is 8.89. The van der Waals surface area contributed by atoms with Gasteiger partial charge < -0.3 is 20.1 Å². The van der Waals surface area contributed by atoms with E-state index in [1.54, 1.807) is 0 Å². The number of ether oxygens (including phenoxy) is 1. The standard InChI is InChI=1S/C21H23F6N3O3S/c22-20(23,24)18-17(34-16(29-18)7-11-30-9-5-14(31)6-10-30)19(32)28-8-4-13-2-1-3-15(12-13)33-21(25,26)27/h1-3,12,14,31H,4-11H2,(H,28,32). The Bertz CT molecular complexity index is 971. The lowest BCUT2D eigenvalue weighted by Gasteiger charge is -2.29.